The summed E-state index contributed by atoms with van der Waals surface area (Å²) in [6, 6.07) is -0.325. The van der Waals surface area contributed by atoms with Gasteiger partial charge in [-0.25, -0.2) is 0 Å². The Balaban J connectivity index is 2.66. The number of carboxylic acid groups (broad SMARTS) is 1. The molecule has 1 fully saturated rings. The van der Waals surface area contributed by atoms with Gasteiger partial charge in [0.2, 0.25) is 5.91 Å². The van der Waals surface area contributed by atoms with Crippen molar-refractivity contribution in [3.05, 3.63) is 11.1 Å². The maximum Gasteiger partial charge on any atom is 0.305 e. The third-order valence-corrected chi connectivity index (χ3v) is 3.16. The first kappa shape index (κ1) is 15.7. The summed E-state index contributed by atoms with van der Waals surface area (Å²) in [5.74, 6) is -1.03. The number of nitrogens with one attached hydrogen (secondary N) is 2. The van der Waals surface area contributed by atoms with Crippen molar-refractivity contribution in [3.8, 4) is 0 Å². The van der Waals surface area contributed by atoms with E-state index in [1.54, 1.807) is 6.92 Å². The highest BCUT2D eigenvalue weighted by Gasteiger charge is 2.24. The van der Waals surface area contributed by atoms with Crippen LogP contribution in [0, 0.1) is 5.41 Å². The molecule has 1 amide bonds. The minimum absolute atomic E-state index is 0.0214. The van der Waals surface area contributed by atoms with E-state index >= 15 is 0 Å². The molecule has 0 spiro atoms. The van der Waals surface area contributed by atoms with Gasteiger partial charge in [0, 0.05) is 24.7 Å². The molecule has 0 aromatic rings. The number of rotatable bonds is 5. The van der Waals surface area contributed by atoms with Gasteiger partial charge in [-0.15, -0.1) is 0 Å². The molecule has 1 heterocycles. The topological polar surface area (TPSA) is 78.4 Å². The second kappa shape index (κ2) is 6.19. The largest absolute Gasteiger partial charge is 0.481 e. The summed E-state index contributed by atoms with van der Waals surface area (Å²) in [5.41, 5.74) is 1.79. The van der Waals surface area contributed by atoms with E-state index in [0.29, 0.717) is 12.0 Å². The normalized spacial score (nSPS) is 16.5. The fourth-order valence-electron chi connectivity index (χ4n) is 2.09. The third-order valence-electron chi connectivity index (χ3n) is 3.16. The minimum atomic E-state index is -0.884. The minimum Gasteiger partial charge on any atom is -0.481 e. The van der Waals surface area contributed by atoms with Crippen molar-refractivity contribution in [2.75, 3.05) is 13.1 Å². The van der Waals surface area contributed by atoms with Gasteiger partial charge >= 0.3 is 5.97 Å². The van der Waals surface area contributed by atoms with E-state index in [2.05, 4.69) is 10.6 Å². The monoisotopic (exact) mass is 268 g/mol. The fourth-order valence-corrected chi connectivity index (χ4v) is 2.09. The highest BCUT2D eigenvalue weighted by Crippen LogP contribution is 2.22. The van der Waals surface area contributed by atoms with E-state index < -0.39 is 5.97 Å². The van der Waals surface area contributed by atoms with Gasteiger partial charge in [0.05, 0.1) is 6.42 Å². The van der Waals surface area contributed by atoms with E-state index in [9.17, 15) is 9.59 Å². The lowest BCUT2D eigenvalue weighted by Crippen LogP contribution is -2.42. The Labute approximate surface area is 114 Å². The van der Waals surface area contributed by atoms with Gasteiger partial charge in [0.1, 0.15) is 0 Å². The van der Waals surface area contributed by atoms with Crippen molar-refractivity contribution in [2.45, 2.75) is 46.6 Å². The molecule has 0 aliphatic carbocycles. The Morgan fingerprint density at radius 3 is 2.32 bits per heavy atom. The maximum atomic E-state index is 12.1. The average molecular weight is 268 g/mol. The number of carbonyl (C=O) groups is 2. The summed E-state index contributed by atoms with van der Waals surface area (Å²) < 4.78 is 0. The van der Waals surface area contributed by atoms with Crippen molar-refractivity contribution in [2.24, 2.45) is 5.41 Å². The maximum absolute atomic E-state index is 12.1. The lowest BCUT2D eigenvalue weighted by molar-refractivity contribution is -0.137. The van der Waals surface area contributed by atoms with Crippen LogP contribution < -0.4 is 10.6 Å². The van der Waals surface area contributed by atoms with E-state index in [1.165, 1.54) is 0 Å². The molecule has 3 N–H and O–H groups in total. The zero-order valence-electron chi connectivity index (χ0n) is 12.2. The van der Waals surface area contributed by atoms with Crippen molar-refractivity contribution in [3.63, 3.8) is 0 Å². The molecule has 0 saturated carbocycles. The quantitative estimate of drug-likeness (QED) is 0.657. The van der Waals surface area contributed by atoms with Gasteiger partial charge < -0.3 is 15.7 Å². The van der Waals surface area contributed by atoms with Crippen molar-refractivity contribution < 1.29 is 14.7 Å². The smallest absolute Gasteiger partial charge is 0.305 e. The van der Waals surface area contributed by atoms with E-state index in [-0.39, 0.29) is 23.8 Å². The third kappa shape index (κ3) is 5.42. The van der Waals surface area contributed by atoms with Gasteiger partial charge in [0.15, 0.2) is 0 Å². The number of aliphatic carboxylic acids is 1. The molecule has 1 unspecified atom stereocenters. The highest BCUT2D eigenvalue weighted by atomic mass is 16.4. The van der Waals surface area contributed by atoms with E-state index in [1.807, 2.05) is 20.8 Å². The first-order chi connectivity index (χ1) is 8.69. The Morgan fingerprint density at radius 2 is 1.95 bits per heavy atom. The standard InChI is InChI=1S/C14H24N2O3/c1-9(10-7-15-8-10)13(19)16-11(5-12(17)18)6-14(2,3)4/h11,15H,5-8H2,1-4H3,(H,16,19)(H,17,18). The van der Waals surface area contributed by atoms with E-state index in [4.69, 9.17) is 5.11 Å². The first-order valence-electron chi connectivity index (χ1n) is 6.61. The lowest BCUT2D eigenvalue weighted by Gasteiger charge is -2.27. The molecular weight excluding hydrogens is 244 g/mol. The Morgan fingerprint density at radius 1 is 1.37 bits per heavy atom. The van der Waals surface area contributed by atoms with Crippen LogP contribution in [0.25, 0.3) is 0 Å². The van der Waals surface area contributed by atoms with Crippen molar-refractivity contribution in [1.82, 2.24) is 10.6 Å². The zero-order chi connectivity index (χ0) is 14.6. The molecule has 108 valence electrons. The van der Waals surface area contributed by atoms with Crippen LogP contribution in [-0.4, -0.2) is 36.1 Å². The molecule has 1 rings (SSSR count). The van der Waals surface area contributed by atoms with Crippen LogP contribution in [-0.2, 0) is 9.59 Å². The summed E-state index contributed by atoms with van der Waals surface area (Å²) in [4.78, 5) is 22.9. The second-order valence-corrected chi connectivity index (χ2v) is 6.37. The van der Waals surface area contributed by atoms with Crippen LogP contribution in [0.15, 0.2) is 11.1 Å². The summed E-state index contributed by atoms with van der Waals surface area (Å²) >= 11 is 0. The Kier molecular flexibility index (Phi) is 5.11. The molecule has 0 aromatic heterocycles. The Hall–Kier alpha value is -1.36. The summed E-state index contributed by atoms with van der Waals surface area (Å²) in [6.45, 7) is 9.41. The SMILES string of the molecule is CC(C(=O)NC(CC(=O)O)CC(C)(C)C)=C1CNC1. The predicted octanol–water partition coefficient (Wildman–Crippen LogP) is 1.30. The zero-order valence-corrected chi connectivity index (χ0v) is 12.2. The molecule has 1 aliphatic heterocycles. The average Bonchev–Trinajstić information content (AvgIpc) is 2.10. The molecule has 19 heavy (non-hydrogen) atoms. The summed E-state index contributed by atoms with van der Waals surface area (Å²) in [7, 11) is 0. The molecule has 1 aliphatic rings. The second-order valence-electron chi connectivity index (χ2n) is 6.37. The molecule has 5 nitrogen and oxygen atoms in total. The van der Waals surface area contributed by atoms with Crippen LogP contribution in [0.5, 0.6) is 0 Å². The molecule has 0 aromatic carbocycles. The van der Waals surface area contributed by atoms with E-state index in [0.717, 1.165) is 18.7 Å². The van der Waals surface area contributed by atoms with Gasteiger partial charge in [-0.05, 0) is 24.3 Å². The number of carboxylic acids is 1. The van der Waals surface area contributed by atoms with Crippen LogP contribution in [0.4, 0.5) is 0 Å². The van der Waals surface area contributed by atoms with Gasteiger partial charge in [0.25, 0.3) is 0 Å². The number of amides is 1. The molecular formula is C14H24N2O3. The lowest BCUT2D eigenvalue weighted by atomic mass is 9.87. The Bertz CT molecular complexity index is 388. The first-order valence-corrected chi connectivity index (χ1v) is 6.61. The molecule has 0 radical (unpaired) electrons. The van der Waals surface area contributed by atoms with Crippen LogP contribution in [0.3, 0.4) is 0 Å². The molecule has 0 bridgehead atoms. The predicted molar refractivity (Wildman–Crippen MR) is 73.8 cm³/mol. The number of hydrogen-bond acceptors (Lipinski definition) is 3. The number of hydrogen-bond donors (Lipinski definition) is 3. The van der Waals surface area contributed by atoms with Gasteiger partial charge in [-0.2, -0.15) is 0 Å². The molecule has 1 atom stereocenters. The fraction of sp³-hybridized carbons (Fsp3) is 0.714. The molecule has 5 heteroatoms. The van der Waals surface area contributed by atoms with Gasteiger partial charge in [-0.3, -0.25) is 9.59 Å². The summed E-state index contributed by atoms with van der Waals surface area (Å²) in [6.07, 6.45) is 0.607. The van der Waals surface area contributed by atoms with Gasteiger partial charge in [-0.1, -0.05) is 20.8 Å². The number of carbonyl (C=O) groups excluding carboxylic acids is 1. The van der Waals surface area contributed by atoms with Crippen LogP contribution in [0.1, 0.15) is 40.5 Å². The van der Waals surface area contributed by atoms with Crippen LogP contribution in [0.2, 0.25) is 0 Å². The van der Waals surface area contributed by atoms with Crippen molar-refractivity contribution >= 4 is 11.9 Å². The van der Waals surface area contributed by atoms with Crippen molar-refractivity contribution in [1.29, 1.82) is 0 Å². The summed E-state index contributed by atoms with van der Waals surface area (Å²) in [5, 5.41) is 14.9. The molecule has 1 saturated heterocycles. The highest BCUT2D eigenvalue weighted by molar-refractivity contribution is 5.94. The van der Waals surface area contributed by atoms with Crippen LogP contribution >= 0.6 is 0 Å².